The first-order valence-corrected chi connectivity index (χ1v) is 38.2. The molecule has 0 aliphatic heterocycles. The summed E-state index contributed by atoms with van der Waals surface area (Å²) in [5.41, 5.74) is 0. The zero-order valence-corrected chi connectivity index (χ0v) is 45.7. The summed E-state index contributed by atoms with van der Waals surface area (Å²) in [5.74, 6) is 0. The van der Waals surface area contributed by atoms with Gasteiger partial charge in [-0.05, 0) is 39.3 Å². The number of nitrogens with zero attached hydrogens (tertiary/aromatic N) is 12. The Hall–Kier alpha value is 1.20. The minimum atomic E-state index is -1.28. The number of hydrogen-bond acceptors (Lipinski definition) is 6. The molecular weight excluding hydrogens is 889 g/mol. The van der Waals surface area contributed by atoms with E-state index in [0.29, 0.717) is 0 Å². The van der Waals surface area contributed by atoms with Gasteiger partial charge in [0.2, 0.25) is 0 Å². The predicted molar refractivity (Wildman–Crippen MR) is 229 cm³/mol. The molecule has 0 aromatic rings. The Labute approximate surface area is 346 Å². The molecule has 0 saturated heterocycles. The first kappa shape index (κ1) is 63.2. The quantitative estimate of drug-likeness (QED) is 0.0684. The molecule has 0 unspecified atom stereocenters. The van der Waals surface area contributed by atoms with E-state index in [1.807, 2.05) is 0 Å². The molecule has 0 aromatic heterocycles. The van der Waals surface area contributed by atoms with Gasteiger partial charge < -0.3 is 39.7 Å². The summed E-state index contributed by atoms with van der Waals surface area (Å²) in [6.45, 7) is 53.7. The second-order valence-electron chi connectivity index (χ2n) is 18.0. The van der Waals surface area contributed by atoms with E-state index in [4.69, 9.17) is 51.5 Å². The van der Waals surface area contributed by atoms with E-state index < -0.39 is 49.4 Å². The van der Waals surface area contributed by atoms with Crippen LogP contribution in [-0.4, -0.2) is 138 Å². The van der Waals surface area contributed by atoms with E-state index in [1.54, 1.807) is 0 Å². The van der Waals surface area contributed by atoms with Crippen LogP contribution in [-0.2, 0) is 42.1 Å². The van der Waals surface area contributed by atoms with Crippen LogP contribution in [0, 0.1) is 21.6 Å². The maximum atomic E-state index is 6.00. The molecule has 0 fully saturated rings. The van der Waals surface area contributed by atoms with E-state index in [0.717, 1.165) is 78.5 Å². The van der Waals surface area contributed by atoms with Gasteiger partial charge in [-0.1, -0.05) is 167 Å². The van der Waals surface area contributed by atoms with E-state index in [2.05, 4.69) is 128 Å². The first-order chi connectivity index (χ1) is 21.6. The van der Waals surface area contributed by atoms with Crippen LogP contribution in [0.15, 0.2) is 0 Å². The summed E-state index contributed by atoms with van der Waals surface area (Å²) in [7, 11) is -7.69. The van der Waals surface area contributed by atoms with Gasteiger partial charge >= 0.3 is 42.1 Å². The molecular formula is C30H78Mo2N12Si6+2. The van der Waals surface area contributed by atoms with Gasteiger partial charge in [0.1, 0.15) is 0 Å². The molecule has 0 saturated carbocycles. The minimum absolute atomic E-state index is 0. The van der Waals surface area contributed by atoms with Crippen LogP contribution in [0.4, 0.5) is 0 Å². The van der Waals surface area contributed by atoms with Crippen molar-refractivity contribution in [3.63, 3.8) is 0 Å². The third-order valence-corrected chi connectivity index (χ3v) is 13.0. The van der Waals surface area contributed by atoms with Crippen molar-refractivity contribution in [1.29, 1.82) is 21.6 Å². The Kier molecular flexibility index (Phi) is 41.0. The Bertz CT molecular complexity index is 645. The van der Waals surface area contributed by atoms with Crippen LogP contribution < -0.4 is 0 Å². The smallest absolute Gasteiger partial charge is 0.664 e. The third-order valence-electron chi connectivity index (χ3n) is 6.01. The Morgan fingerprint density at radius 3 is 0.460 bits per heavy atom. The molecule has 12 nitrogen and oxygen atoms in total. The Balaban J connectivity index is -0.000000170. The van der Waals surface area contributed by atoms with Crippen molar-refractivity contribution < 1.29 is 42.1 Å². The zero-order chi connectivity index (χ0) is 38.9. The van der Waals surface area contributed by atoms with Crippen molar-refractivity contribution in [2.45, 2.75) is 118 Å². The molecule has 0 aliphatic carbocycles. The second kappa shape index (κ2) is 32.4. The molecule has 0 bridgehead atoms. The standard InChI is InChI=1S/2C15H39N4Si3.2Mo.2N2/c2*1-20(2,3)16-10-13-19(14-11-17-21(4,5)6)15-12-18-22(7,8)9;;;2*1-2/h2*10-15H2,1-9H3;;;;/q2*-3;2*+4;;. The molecule has 20 heteroatoms. The van der Waals surface area contributed by atoms with Crippen LogP contribution >= 0.6 is 0 Å². The fourth-order valence-corrected chi connectivity index (χ4v) is 8.46. The molecule has 0 spiro atoms. The molecule has 0 heterocycles. The van der Waals surface area contributed by atoms with Crippen molar-refractivity contribution >= 4 is 49.4 Å². The summed E-state index contributed by atoms with van der Waals surface area (Å²) >= 11 is 0. The van der Waals surface area contributed by atoms with Crippen molar-refractivity contribution in [2.24, 2.45) is 0 Å². The average Bonchev–Trinajstić information content (AvgIpc) is 2.86. The van der Waals surface area contributed by atoms with Gasteiger partial charge in [-0.2, -0.15) is 0 Å². The number of hydrogen-bond donors (Lipinski definition) is 0. The van der Waals surface area contributed by atoms with Gasteiger partial charge in [0.15, 0.2) is 0 Å². The van der Waals surface area contributed by atoms with Gasteiger partial charge in [-0.25, -0.2) is 0 Å². The van der Waals surface area contributed by atoms with Crippen molar-refractivity contribution in [2.75, 3.05) is 78.5 Å². The van der Waals surface area contributed by atoms with Gasteiger partial charge in [-0.3, -0.25) is 0 Å². The fraction of sp³-hybridized carbons (Fsp3) is 1.00. The summed E-state index contributed by atoms with van der Waals surface area (Å²) in [6, 6.07) is 0. The summed E-state index contributed by atoms with van der Waals surface area (Å²) in [4.78, 5) is 34.2. The van der Waals surface area contributed by atoms with Crippen LogP contribution in [0.1, 0.15) is 0 Å². The Morgan fingerprint density at radius 2 is 0.380 bits per heavy atom. The molecule has 0 aromatic carbocycles. The Morgan fingerprint density at radius 1 is 0.280 bits per heavy atom. The monoisotopic (exact) mass is 970 g/mol. The van der Waals surface area contributed by atoms with Crippen LogP contribution in [0.3, 0.4) is 0 Å². The molecule has 50 heavy (non-hydrogen) atoms. The molecule has 0 aliphatic rings. The third kappa shape index (κ3) is 61.2. The van der Waals surface area contributed by atoms with Crippen molar-refractivity contribution in [3.05, 3.63) is 29.9 Å². The van der Waals surface area contributed by atoms with E-state index in [9.17, 15) is 0 Å². The molecule has 0 radical (unpaired) electrons. The summed E-state index contributed by atoms with van der Waals surface area (Å²) in [5, 5.41) is 24.0. The topological polar surface area (TPSA) is 186 Å². The van der Waals surface area contributed by atoms with Crippen molar-refractivity contribution in [1.82, 2.24) is 9.80 Å². The average molecular weight is 967 g/mol. The molecule has 0 amide bonds. The van der Waals surface area contributed by atoms with Crippen molar-refractivity contribution in [3.8, 4) is 0 Å². The number of rotatable bonds is 24. The maximum absolute atomic E-state index is 6.00. The molecule has 0 atom stereocenters. The second-order valence-corrected chi connectivity index (χ2v) is 45.9. The minimum Gasteiger partial charge on any atom is -0.664 e. The first-order valence-electron chi connectivity index (χ1n) is 17.5. The normalized spacial score (nSPS) is 12.3. The van der Waals surface area contributed by atoms with Crippen LogP contribution in [0.2, 0.25) is 118 Å². The molecule has 292 valence electrons. The summed E-state index contributed by atoms with van der Waals surface area (Å²) < 4.78 is 0. The zero-order valence-electron chi connectivity index (χ0n) is 35.7. The van der Waals surface area contributed by atoms with Gasteiger partial charge in [0.05, 0.1) is 0 Å². The van der Waals surface area contributed by atoms with Crippen LogP contribution in [0.5, 0.6) is 0 Å². The summed E-state index contributed by atoms with van der Waals surface area (Å²) in [6.07, 6.45) is 0. The molecule has 0 N–H and O–H groups in total. The van der Waals surface area contributed by atoms with Gasteiger partial charge in [-0.15, -0.1) is 39.3 Å². The fourth-order valence-electron chi connectivity index (χ4n) is 3.83. The molecule has 0 rings (SSSR count). The van der Waals surface area contributed by atoms with E-state index >= 15 is 0 Å². The SMILES string of the molecule is C[Si](C)(C)[N-]CCN(CC[N-][Si](C)(C)C)CC[N-][Si](C)(C)C.C[Si](C)(C)[N-]CCN(CC[N-][Si](C)(C)C)CC[N-][Si](C)(C)C.N#N.N#N.[Mo+4].[Mo+4]. The van der Waals surface area contributed by atoms with E-state index in [1.165, 1.54) is 0 Å². The largest absolute Gasteiger partial charge is 4.00 e. The van der Waals surface area contributed by atoms with E-state index in [-0.39, 0.29) is 42.1 Å². The van der Waals surface area contributed by atoms with Gasteiger partial charge in [0.25, 0.3) is 0 Å². The predicted octanol–water partition coefficient (Wildman–Crippen LogP) is 9.88. The van der Waals surface area contributed by atoms with Gasteiger partial charge in [0, 0.05) is 21.6 Å². The van der Waals surface area contributed by atoms with Crippen LogP contribution in [0.25, 0.3) is 29.9 Å². The maximum Gasteiger partial charge on any atom is 4.00 e.